The number of carbonyl (C=O) groups is 5. The lowest BCUT2D eigenvalue weighted by atomic mass is 9.99. The van der Waals surface area contributed by atoms with E-state index in [9.17, 15) is 24.0 Å². The number of rotatable bonds is 7. The van der Waals surface area contributed by atoms with E-state index in [0.717, 1.165) is 0 Å². The Balaban J connectivity index is 2.92. The zero-order valence-corrected chi connectivity index (χ0v) is 18.5. The van der Waals surface area contributed by atoms with Crippen LogP contribution in [0.3, 0.4) is 0 Å². The number of Topliss-reactive ketones (excluding diaryl/α,β-unsaturated/α-hetero) is 2. The van der Waals surface area contributed by atoms with E-state index in [-0.39, 0.29) is 74.5 Å². The Labute approximate surface area is 180 Å². The van der Waals surface area contributed by atoms with Gasteiger partial charge in [0.05, 0.1) is 5.92 Å². The lowest BCUT2D eigenvalue weighted by Gasteiger charge is -2.27. The molecule has 7 nitrogen and oxygen atoms in total. The second kappa shape index (κ2) is 14.2. The van der Waals surface area contributed by atoms with Crippen LogP contribution in [0.2, 0.25) is 0 Å². The molecule has 0 fully saturated rings. The van der Waals surface area contributed by atoms with Gasteiger partial charge in [-0.2, -0.15) is 0 Å². The first-order chi connectivity index (χ1) is 13.8. The monoisotopic (exact) mass is 440 g/mol. The fourth-order valence-corrected chi connectivity index (χ4v) is 3.93. The smallest absolute Gasteiger partial charge is 0.244 e. The number of thioether (sulfide) groups is 2. The van der Waals surface area contributed by atoms with Crippen LogP contribution < -0.4 is 5.32 Å². The van der Waals surface area contributed by atoms with Gasteiger partial charge in [-0.05, 0) is 37.2 Å². The molecule has 1 heterocycles. The van der Waals surface area contributed by atoms with E-state index in [1.807, 2.05) is 0 Å². The largest absolute Gasteiger partial charge is 0.352 e. The summed E-state index contributed by atoms with van der Waals surface area (Å²) in [5, 5.41) is 6.79. The zero-order chi connectivity index (χ0) is 21.6. The maximum absolute atomic E-state index is 13.1. The Bertz CT molecular complexity index is 628. The summed E-state index contributed by atoms with van der Waals surface area (Å²) in [6, 6.07) is 0. The van der Waals surface area contributed by atoms with E-state index in [1.165, 1.54) is 54.4 Å². The molecule has 0 bridgehead atoms. The van der Waals surface area contributed by atoms with E-state index in [0.29, 0.717) is 5.08 Å². The normalized spacial score (nSPS) is 18.6. The molecular formula is C20H28N2O5S2. The summed E-state index contributed by atoms with van der Waals surface area (Å²) in [5.41, 5.74) is 0. The van der Waals surface area contributed by atoms with Gasteiger partial charge in [-0.1, -0.05) is 0 Å². The van der Waals surface area contributed by atoms with E-state index >= 15 is 0 Å². The van der Waals surface area contributed by atoms with Crippen LogP contribution in [0.1, 0.15) is 39.5 Å². The molecule has 0 aliphatic carbocycles. The summed E-state index contributed by atoms with van der Waals surface area (Å²) in [7, 11) is 0. The first kappa shape index (κ1) is 25.2. The molecule has 0 aromatic heterocycles. The van der Waals surface area contributed by atoms with Crippen molar-refractivity contribution in [2.24, 2.45) is 5.92 Å². The Morgan fingerprint density at radius 3 is 2.21 bits per heavy atom. The molecule has 1 rings (SSSR count). The average Bonchev–Trinajstić information content (AvgIpc) is 2.65. The molecular weight excluding hydrogens is 412 g/mol. The van der Waals surface area contributed by atoms with Crippen molar-refractivity contribution in [2.75, 3.05) is 24.7 Å². The molecule has 0 spiro atoms. The van der Waals surface area contributed by atoms with Gasteiger partial charge in [0.2, 0.25) is 11.8 Å². The Morgan fingerprint density at radius 2 is 1.62 bits per heavy atom. The SMILES string of the molecule is CC(=O)CCN(CCC(C)=O)C(=O)C1CCC(=O)C=CSCSC=CC(=O)NC1. The summed E-state index contributed by atoms with van der Waals surface area (Å²) in [5.74, 6) is -1.36. The van der Waals surface area contributed by atoms with Gasteiger partial charge in [-0.25, -0.2) is 0 Å². The van der Waals surface area contributed by atoms with Crippen LogP contribution in [-0.4, -0.2) is 58.8 Å². The minimum Gasteiger partial charge on any atom is -0.352 e. The van der Waals surface area contributed by atoms with Crippen molar-refractivity contribution in [3.05, 3.63) is 23.0 Å². The standard InChI is InChI=1S/C20H28N2O5S2/c1-15(23)5-9-22(10-6-16(2)24)20(27)17-3-4-18(25)7-11-28-14-29-12-8-19(26)21-13-17/h7-8,11-12,17H,3-6,9-10,13-14H2,1-2H3,(H,21,26). The molecule has 160 valence electrons. The number of ketones is 3. The number of nitrogens with zero attached hydrogens (tertiary/aromatic N) is 1. The molecule has 1 atom stereocenters. The lowest BCUT2D eigenvalue weighted by Crippen LogP contribution is -2.43. The lowest BCUT2D eigenvalue weighted by molar-refractivity contribution is -0.136. The molecule has 2 amide bonds. The summed E-state index contributed by atoms with van der Waals surface area (Å²) in [4.78, 5) is 61.3. The fraction of sp³-hybridized carbons (Fsp3) is 0.550. The Hall–Kier alpha value is -1.87. The molecule has 0 aromatic rings. The molecule has 1 N–H and O–H groups in total. The molecule has 0 aromatic carbocycles. The van der Waals surface area contributed by atoms with E-state index < -0.39 is 5.92 Å². The van der Waals surface area contributed by atoms with Gasteiger partial charge in [0.25, 0.3) is 0 Å². The highest BCUT2D eigenvalue weighted by Crippen LogP contribution is 2.16. The molecule has 9 heteroatoms. The van der Waals surface area contributed by atoms with Crippen molar-refractivity contribution in [1.29, 1.82) is 0 Å². The van der Waals surface area contributed by atoms with Crippen molar-refractivity contribution in [3.8, 4) is 0 Å². The van der Waals surface area contributed by atoms with Gasteiger partial charge in [0.1, 0.15) is 11.6 Å². The van der Waals surface area contributed by atoms with Crippen LogP contribution in [0, 0.1) is 5.92 Å². The second-order valence-corrected chi connectivity index (χ2v) is 8.89. The quantitative estimate of drug-likeness (QED) is 0.648. The van der Waals surface area contributed by atoms with Crippen molar-refractivity contribution in [3.63, 3.8) is 0 Å². The van der Waals surface area contributed by atoms with Crippen LogP contribution in [-0.2, 0) is 24.0 Å². The van der Waals surface area contributed by atoms with Gasteiger partial charge < -0.3 is 10.2 Å². The first-order valence-corrected chi connectivity index (χ1v) is 11.5. The highest BCUT2D eigenvalue weighted by atomic mass is 32.2. The molecule has 1 unspecified atom stereocenters. The number of hydrogen-bond donors (Lipinski definition) is 1. The summed E-state index contributed by atoms with van der Waals surface area (Å²) in [6.07, 6.45) is 3.77. The zero-order valence-electron chi connectivity index (χ0n) is 16.8. The minimum absolute atomic E-state index is 0.0506. The van der Waals surface area contributed by atoms with Crippen LogP contribution in [0.4, 0.5) is 0 Å². The summed E-state index contributed by atoms with van der Waals surface area (Å²) in [6.45, 7) is 3.42. The van der Waals surface area contributed by atoms with E-state index in [2.05, 4.69) is 5.32 Å². The van der Waals surface area contributed by atoms with Crippen molar-refractivity contribution < 1.29 is 24.0 Å². The Morgan fingerprint density at radius 1 is 1.03 bits per heavy atom. The number of allylic oxidation sites excluding steroid dienone is 1. The molecule has 29 heavy (non-hydrogen) atoms. The molecule has 1 aliphatic rings. The second-order valence-electron chi connectivity index (χ2n) is 6.73. The highest BCUT2D eigenvalue weighted by molar-refractivity contribution is 8.18. The predicted molar refractivity (Wildman–Crippen MR) is 116 cm³/mol. The Kier molecular flexibility index (Phi) is 12.3. The third-order valence-corrected chi connectivity index (χ3v) is 5.94. The first-order valence-electron chi connectivity index (χ1n) is 9.44. The van der Waals surface area contributed by atoms with Gasteiger partial charge in [-0.3, -0.25) is 24.0 Å². The van der Waals surface area contributed by atoms with Crippen LogP contribution in [0.5, 0.6) is 0 Å². The molecule has 0 saturated heterocycles. The van der Waals surface area contributed by atoms with Crippen LogP contribution in [0.15, 0.2) is 23.0 Å². The third-order valence-electron chi connectivity index (χ3n) is 4.19. The maximum Gasteiger partial charge on any atom is 0.244 e. The van der Waals surface area contributed by atoms with E-state index in [1.54, 1.807) is 10.8 Å². The molecule has 1 aliphatic heterocycles. The van der Waals surface area contributed by atoms with Gasteiger partial charge in [0, 0.05) is 50.1 Å². The number of carbonyl (C=O) groups excluding carboxylic acids is 5. The summed E-state index contributed by atoms with van der Waals surface area (Å²) < 4.78 is 0. The highest BCUT2D eigenvalue weighted by Gasteiger charge is 2.25. The number of nitrogens with one attached hydrogen (secondary N) is 1. The third kappa shape index (κ3) is 11.7. The van der Waals surface area contributed by atoms with E-state index in [4.69, 9.17) is 0 Å². The van der Waals surface area contributed by atoms with Gasteiger partial charge in [-0.15, -0.1) is 23.5 Å². The van der Waals surface area contributed by atoms with Gasteiger partial charge in [0.15, 0.2) is 5.78 Å². The molecule has 0 radical (unpaired) electrons. The summed E-state index contributed by atoms with van der Waals surface area (Å²) >= 11 is 2.89. The topological polar surface area (TPSA) is 101 Å². The van der Waals surface area contributed by atoms with Gasteiger partial charge >= 0.3 is 0 Å². The minimum atomic E-state index is -0.605. The van der Waals surface area contributed by atoms with Crippen LogP contribution in [0.25, 0.3) is 0 Å². The fourth-order valence-electron chi connectivity index (χ4n) is 2.52. The van der Waals surface area contributed by atoms with Crippen molar-refractivity contribution >= 4 is 52.7 Å². The predicted octanol–water partition coefficient (Wildman–Crippen LogP) is 2.32. The molecule has 0 saturated carbocycles. The average molecular weight is 441 g/mol. The number of hydrogen-bond acceptors (Lipinski definition) is 7. The van der Waals surface area contributed by atoms with Crippen molar-refractivity contribution in [1.82, 2.24) is 10.2 Å². The maximum atomic E-state index is 13.1. The van der Waals surface area contributed by atoms with Crippen molar-refractivity contribution in [2.45, 2.75) is 39.5 Å². The number of amides is 2. The van der Waals surface area contributed by atoms with Crippen LogP contribution >= 0.6 is 23.5 Å².